The molecule has 0 aromatic carbocycles. The second-order valence-electron chi connectivity index (χ2n) is 8.06. The van der Waals surface area contributed by atoms with E-state index in [2.05, 4.69) is 10.6 Å². The first kappa shape index (κ1) is 13.6. The van der Waals surface area contributed by atoms with Crippen LogP contribution in [0.2, 0.25) is 0 Å². The Bertz CT molecular complexity index is 323. The van der Waals surface area contributed by atoms with E-state index in [4.69, 9.17) is 0 Å². The largest absolute Gasteiger partial charge is 0.314 e. The predicted molar refractivity (Wildman–Crippen MR) is 83.8 cm³/mol. The van der Waals surface area contributed by atoms with E-state index in [-0.39, 0.29) is 0 Å². The molecule has 20 heavy (non-hydrogen) atoms. The summed E-state index contributed by atoms with van der Waals surface area (Å²) in [5, 5.41) is 7.99. The molecule has 4 fully saturated rings. The smallest absolute Gasteiger partial charge is 0.0113 e. The minimum atomic E-state index is 0.820. The molecule has 4 aliphatic rings. The Morgan fingerprint density at radius 3 is 2.40 bits per heavy atom. The number of rotatable bonds is 3. The van der Waals surface area contributed by atoms with Gasteiger partial charge in [0, 0.05) is 18.1 Å². The van der Waals surface area contributed by atoms with E-state index >= 15 is 0 Å². The lowest BCUT2D eigenvalue weighted by molar-refractivity contribution is 0.160. The van der Waals surface area contributed by atoms with Crippen molar-refractivity contribution in [2.24, 2.45) is 17.8 Å². The molecule has 2 N–H and O–H groups in total. The Labute approximate surface area is 124 Å². The summed E-state index contributed by atoms with van der Waals surface area (Å²) in [7, 11) is 0. The van der Waals surface area contributed by atoms with Crippen molar-refractivity contribution < 1.29 is 0 Å². The fourth-order valence-electron chi connectivity index (χ4n) is 5.82. The normalized spacial score (nSPS) is 48.6. The van der Waals surface area contributed by atoms with Gasteiger partial charge in [-0.25, -0.2) is 0 Å². The summed E-state index contributed by atoms with van der Waals surface area (Å²) in [6.07, 6.45) is 16.2. The Kier molecular flexibility index (Phi) is 4.05. The molecule has 3 saturated carbocycles. The Morgan fingerprint density at radius 2 is 1.65 bits per heavy atom. The van der Waals surface area contributed by atoms with E-state index in [1.165, 1.54) is 77.2 Å². The van der Waals surface area contributed by atoms with Gasteiger partial charge in [0.2, 0.25) is 0 Å². The molecule has 114 valence electrons. The van der Waals surface area contributed by atoms with Crippen molar-refractivity contribution in [3.63, 3.8) is 0 Å². The Morgan fingerprint density at radius 1 is 0.750 bits per heavy atom. The third-order valence-electron chi connectivity index (χ3n) is 6.85. The molecule has 2 bridgehead atoms. The van der Waals surface area contributed by atoms with Crippen LogP contribution in [0, 0.1) is 17.8 Å². The molecule has 1 saturated heterocycles. The first-order valence-corrected chi connectivity index (χ1v) is 9.39. The lowest BCUT2D eigenvalue weighted by Gasteiger charge is -2.42. The van der Waals surface area contributed by atoms with Crippen LogP contribution in [-0.2, 0) is 0 Å². The van der Waals surface area contributed by atoms with Crippen molar-refractivity contribution in [1.29, 1.82) is 0 Å². The lowest BCUT2D eigenvalue weighted by atomic mass is 9.76. The Balaban J connectivity index is 1.39. The maximum Gasteiger partial charge on any atom is 0.0113 e. The van der Waals surface area contributed by atoms with Gasteiger partial charge in [-0.05, 0) is 69.2 Å². The van der Waals surface area contributed by atoms with Gasteiger partial charge in [0.15, 0.2) is 0 Å². The monoisotopic (exact) mass is 276 g/mol. The van der Waals surface area contributed by atoms with E-state index in [0.29, 0.717) is 0 Å². The minimum absolute atomic E-state index is 0.820. The average Bonchev–Trinajstić information content (AvgIpc) is 3.11. The molecule has 3 aliphatic carbocycles. The van der Waals surface area contributed by atoms with Crippen molar-refractivity contribution in [2.45, 2.75) is 88.8 Å². The van der Waals surface area contributed by atoms with Crippen LogP contribution in [0.4, 0.5) is 0 Å². The molecule has 4 rings (SSSR count). The molecule has 2 heteroatoms. The van der Waals surface area contributed by atoms with Crippen LogP contribution in [0.3, 0.4) is 0 Å². The highest BCUT2D eigenvalue weighted by molar-refractivity contribution is 4.98. The SMILES string of the molecule is C1CCC(C2CCCCC2NC2CC3CCC2C3)NC1. The molecule has 6 atom stereocenters. The Hall–Kier alpha value is -0.0800. The number of hydrogen-bond donors (Lipinski definition) is 2. The second-order valence-corrected chi connectivity index (χ2v) is 8.06. The second kappa shape index (κ2) is 5.96. The van der Waals surface area contributed by atoms with E-state index in [1.807, 2.05) is 0 Å². The molecule has 6 unspecified atom stereocenters. The van der Waals surface area contributed by atoms with Crippen molar-refractivity contribution in [3.05, 3.63) is 0 Å². The maximum atomic E-state index is 4.16. The lowest BCUT2D eigenvalue weighted by Crippen LogP contribution is -2.53. The number of fused-ring (bicyclic) bond motifs is 2. The van der Waals surface area contributed by atoms with Crippen LogP contribution < -0.4 is 10.6 Å². The van der Waals surface area contributed by atoms with Gasteiger partial charge in [-0.3, -0.25) is 0 Å². The van der Waals surface area contributed by atoms with Gasteiger partial charge in [-0.15, -0.1) is 0 Å². The predicted octanol–water partition coefficient (Wildman–Crippen LogP) is 3.47. The quantitative estimate of drug-likeness (QED) is 0.825. The zero-order valence-corrected chi connectivity index (χ0v) is 12.9. The summed E-state index contributed by atoms with van der Waals surface area (Å²) < 4.78 is 0. The van der Waals surface area contributed by atoms with Crippen LogP contribution in [0.15, 0.2) is 0 Å². The number of piperidine rings is 1. The molecule has 0 aromatic heterocycles. The highest BCUT2D eigenvalue weighted by atomic mass is 15.0. The van der Waals surface area contributed by atoms with Gasteiger partial charge >= 0.3 is 0 Å². The summed E-state index contributed by atoms with van der Waals surface area (Å²) in [6.45, 7) is 1.27. The summed E-state index contributed by atoms with van der Waals surface area (Å²) in [6, 6.07) is 2.52. The van der Waals surface area contributed by atoms with Crippen LogP contribution in [0.25, 0.3) is 0 Å². The van der Waals surface area contributed by atoms with Crippen molar-refractivity contribution >= 4 is 0 Å². The molecular weight excluding hydrogens is 244 g/mol. The first-order valence-electron chi connectivity index (χ1n) is 9.39. The van der Waals surface area contributed by atoms with E-state index < -0.39 is 0 Å². The highest BCUT2D eigenvalue weighted by Crippen LogP contribution is 2.45. The van der Waals surface area contributed by atoms with E-state index in [0.717, 1.165) is 35.9 Å². The molecule has 1 aliphatic heterocycles. The molecule has 1 heterocycles. The number of nitrogens with one attached hydrogen (secondary N) is 2. The van der Waals surface area contributed by atoms with Crippen LogP contribution >= 0.6 is 0 Å². The minimum Gasteiger partial charge on any atom is -0.314 e. The van der Waals surface area contributed by atoms with Gasteiger partial charge < -0.3 is 10.6 Å². The fourth-order valence-corrected chi connectivity index (χ4v) is 5.82. The van der Waals surface area contributed by atoms with E-state index in [1.54, 1.807) is 0 Å². The standard InChI is InChI=1S/C18H32N2/c1-2-7-17(15(5-1)16-6-3-4-10-19-16)20-18-12-13-8-9-14(18)11-13/h13-20H,1-12H2. The zero-order chi connectivity index (χ0) is 13.4. The van der Waals surface area contributed by atoms with Gasteiger partial charge in [0.1, 0.15) is 0 Å². The topological polar surface area (TPSA) is 24.1 Å². The molecule has 0 amide bonds. The van der Waals surface area contributed by atoms with Crippen LogP contribution in [0.5, 0.6) is 0 Å². The summed E-state index contributed by atoms with van der Waals surface area (Å²) in [4.78, 5) is 0. The van der Waals surface area contributed by atoms with Gasteiger partial charge in [0.05, 0.1) is 0 Å². The zero-order valence-electron chi connectivity index (χ0n) is 12.9. The van der Waals surface area contributed by atoms with Gasteiger partial charge in [-0.1, -0.05) is 25.7 Å². The molecule has 2 nitrogen and oxygen atoms in total. The average molecular weight is 276 g/mol. The van der Waals surface area contributed by atoms with Crippen molar-refractivity contribution in [1.82, 2.24) is 10.6 Å². The van der Waals surface area contributed by atoms with Crippen molar-refractivity contribution in [3.8, 4) is 0 Å². The first-order chi connectivity index (χ1) is 9.90. The molecular formula is C18H32N2. The summed E-state index contributed by atoms with van der Waals surface area (Å²) in [5.41, 5.74) is 0. The van der Waals surface area contributed by atoms with Gasteiger partial charge in [-0.2, -0.15) is 0 Å². The fraction of sp³-hybridized carbons (Fsp3) is 1.00. The maximum absolute atomic E-state index is 4.16. The molecule has 0 radical (unpaired) electrons. The third-order valence-corrected chi connectivity index (χ3v) is 6.85. The summed E-state index contributed by atoms with van der Waals surface area (Å²) >= 11 is 0. The highest BCUT2D eigenvalue weighted by Gasteiger charge is 2.42. The van der Waals surface area contributed by atoms with Crippen molar-refractivity contribution in [2.75, 3.05) is 6.54 Å². The van der Waals surface area contributed by atoms with Crippen LogP contribution in [-0.4, -0.2) is 24.7 Å². The van der Waals surface area contributed by atoms with E-state index in [9.17, 15) is 0 Å². The van der Waals surface area contributed by atoms with Crippen LogP contribution in [0.1, 0.15) is 70.6 Å². The molecule has 0 spiro atoms. The number of hydrogen-bond acceptors (Lipinski definition) is 2. The van der Waals surface area contributed by atoms with Gasteiger partial charge in [0.25, 0.3) is 0 Å². The third kappa shape index (κ3) is 2.66. The summed E-state index contributed by atoms with van der Waals surface area (Å²) in [5.74, 6) is 3.03. The molecule has 0 aromatic rings.